The molecule has 0 spiro atoms. The van der Waals surface area contributed by atoms with E-state index in [4.69, 9.17) is 26.1 Å². The minimum atomic E-state index is -0.794. The highest BCUT2D eigenvalue weighted by Crippen LogP contribution is 2.34. The number of fused-ring (bicyclic) bond motifs is 1. The lowest BCUT2D eigenvalue weighted by Gasteiger charge is -2.19. The fourth-order valence-corrected chi connectivity index (χ4v) is 4.82. The zero-order valence-corrected chi connectivity index (χ0v) is 20.8. The standard InChI is InChI=1S/C28H28ClN3O4/c1-2-35-22-13-11-20(12-14-22)31-16-19(15-27(31)34)28-30-24-8-4-5-9-25(24)32(28)17-21(33)18-36-26-10-6-3-7-23(26)29/h3-14,19,21,33H,2,15-18H2,1H3/t19-,21-/m1/s1. The number of para-hydroxylation sites is 3. The van der Waals surface area contributed by atoms with Crippen molar-refractivity contribution in [2.45, 2.75) is 31.9 Å². The Balaban J connectivity index is 1.36. The lowest BCUT2D eigenvalue weighted by atomic mass is 10.1. The average molecular weight is 506 g/mol. The molecule has 7 nitrogen and oxygen atoms in total. The van der Waals surface area contributed by atoms with Crippen LogP contribution >= 0.6 is 11.6 Å². The predicted molar refractivity (Wildman–Crippen MR) is 140 cm³/mol. The molecule has 0 radical (unpaired) electrons. The van der Waals surface area contributed by atoms with E-state index in [1.807, 2.05) is 72.2 Å². The number of halogens is 1. The van der Waals surface area contributed by atoms with E-state index in [2.05, 4.69) is 0 Å². The summed E-state index contributed by atoms with van der Waals surface area (Å²) in [4.78, 5) is 19.6. The first-order chi connectivity index (χ1) is 17.5. The van der Waals surface area contributed by atoms with E-state index in [0.717, 1.165) is 28.3 Å². The maximum atomic E-state index is 13.0. The Morgan fingerprint density at radius 2 is 1.81 bits per heavy atom. The van der Waals surface area contributed by atoms with Gasteiger partial charge in [0.2, 0.25) is 5.91 Å². The first-order valence-electron chi connectivity index (χ1n) is 12.1. The van der Waals surface area contributed by atoms with Crippen LogP contribution in [0.4, 0.5) is 5.69 Å². The van der Waals surface area contributed by atoms with E-state index < -0.39 is 6.10 Å². The van der Waals surface area contributed by atoms with Crippen LogP contribution in [0.5, 0.6) is 11.5 Å². The fraction of sp³-hybridized carbons (Fsp3) is 0.286. The Bertz CT molecular complexity index is 1350. The van der Waals surface area contributed by atoms with E-state index in [-0.39, 0.29) is 25.0 Å². The SMILES string of the molecule is CCOc1ccc(N2C[C@H](c3nc4ccccc4n3C[C@@H](O)COc3ccccc3Cl)CC2=O)cc1. The number of aromatic nitrogens is 2. The molecule has 1 aliphatic rings. The molecule has 0 bridgehead atoms. The van der Waals surface area contributed by atoms with Gasteiger partial charge in [0, 0.05) is 24.6 Å². The number of aliphatic hydroxyl groups excluding tert-OH is 1. The first-order valence-corrected chi connectivity index (χ1v) is 12.4. The number of amides is 1. The Hall–Kier alpha value is -3.55. The van der Waals surface area contributed by atoms with Gasteiger partial charge in [-0.25, -0.2) is 4.98 Å². The maximum Gasteiger partial charge on any atom is 0.227 e. The van der Waals surface area contributed by atoms with E-state index in [1.54, 1.807) is 17.0 Å². The topological polar surface area (TPSA) is 76.8 Å². The number of rotatable bonds is 9. The van der Waals surface area contributed by atoms with Gasteiger partial charge in [-0.3, -0.25) is 4.79 Å². The van der Waals surface area contributed by atoms with Gasteiger partial charge in [0.25, 0.3) is 0 Å². The molecule has 0 saturated carbocycles. The third-order valence-electron chi connectivity index (χ3n) is 6.29. The number of aliphatic hydroxyl groups is 1. The van der Waals surface area contributed by atoms with Crippen molar-refractivity contribution in [3.63, 3.8) is 0 Å². The van der Waals surface area contributed by atoms with E-state index in [9.17, 15) is 9.90 Å². The fourth-order valence-electron chi connectivity index (χ4n) is 4.63. The lowest BCUT2D eigenvalue weighted by molar-refractivity contribution is -0.117. The first kappa shape index (κ1) is 24.2. The Labute approximate surface area is 214 Å². The number of benzene rings is 3. The highest BCUT2D eigenvalue weighted by molar-refractivity contribution is 6.32. The molecule has 4 aromatic rings. The van der Waals surface area contributed by atoms with Crippen LogP contribution in [0, 0.1) is 0 Å². The molecule has 0 aliphatic carbocycles. The molecule has 3 aromatic carbocycles. The second kappa shape index (κ2) is 10.6. The second-order valence-electron chi connectivity index (χ2n) is 8.80. The summed E-state index contributed by atoms with van der Waals surface area (Å²) in [5, 5.41) is 11.3. The molecule has 1 aromatic heterocycles. The van der Waals surface area contributed by atoms with Gasteiger partial charge in [0.15, 0.2) is 0 Å². The minimum absolute atomic E-state index is 0.0466. The highest BCUT2D eigenvalue weighted by atomic mass is 35.5. The van der Waals surface area contributed by atoms with Crippen LogP contribution in [0.25, 0.3) is 11.0 Å². The van der Waals surface area contributed by atoms with Crippen molar-refractivity contribution in [2.24, 2.45) is 0 Å². The summed E-state index contributed by atoms with van der Waals surface area (Å²) in [6.07, 6.45) is -0.445. The number of anilines is 1. The van der Waals surface area contributed by atoms with Crippen LogP contribution in [0.15, 0.2) is 72.8 Å². The Morgan fingerprint density at radius 3 is 2.58 bits per heavy atom. The second-order valence-corrected chi connectivity index (χ2v) is 9.20. The molecule has 1 saturated heterocycles. The number of hydrogen-bond acceptors (Lipinski definition) is 5. The summed E-state index contributed by atoms with van der Waals surface area (Å²) in [5.74, 6) is 2.04. The zero-order valence-electron chi connectivity index (χ0n) is 20.0. The van der Waals surface area contributed by atoms with Crippen LogP contribution in [0.1, 0.15) is 25.1 Å². The molecular formula is C28H28ClN3O4. The van der Waals surface area contributed by atoms with Gasteiger partial charge >= 0.3 is 0 Å². The highest BCUT2D eigenvalue weighted by Gasteiger charge is 2.35. The molecule has 1 amide bonds. The predicted octanol–water partition coefficient (Wildman–Crippen LogP) is 5.05. The van der Waals surface area contributed by atoms with E-state index in [1.165, 1.54) is 0 Å². The van der Waals surface area contributed by atoms with Gasteiger partial charge in [-0.2, -0.15) is 0 Å². The zero-order chi connectivity index (χ0) is 25.1. The number of ether oxygens (including phenoxy) is 2. The van der Waals surface area contributed by atoms with Gasteiger partial charge in [-0.1, -0.05) is 35.9 Å². The van der Waals surface area contributed by atoms with Crippen molar-refractivity contribution in [3.8, 4) is 11.5 Å². The number of nitrogens with zero attached hydrogens (tertiary/aromatic N) is 3. The molecule has 5 rings (SSSR count). The van der Waals surface area contributed by atoms with Crippen LogP contribution in [0.2, 0.25) is 5.02 Å². The molecule has 36 heavy (non-hydrogen) atoms. The third kappa shape index (κ3) is 5.03. The molecule has 186 valence electrons. The van der Waals surface area contributed by atoms with Crippen molar-refractivity contribution in [3.05, 3.63) is 83.6 Å². The Kier molecular flexibility index (Phi) is 7.11. The van der Waals surface area contributed by atoms with Gasteiger partial charge in [0.05, 0.1) is 29.2 Å². The van der Waals surface area contributed by atoms with Gasteiger partial charge in [0.1, 0.15) is 30.0 Å². The summed E-state index contributed by atoms with van der Waals surface area (Å²) >= 11 is 6.18. The van der Waals surface area contributed by atoms with E-state index in [0.29, 0.717) is 30.3 Å². The third-order valence-corrected chi connectivity index (χ3v) is 6.61. The van der Waals surface area contributed by atoms with Gasteiger partial charge in [-0.05, 0) is 55.5 Å². The summed E-state index contributed by atoms with van der Waals surface area (Å²) in [6.45, 7) is 3.41. The number of carbonyl (C=O) groups is 1. The largest absolute Gasteiger partial charge is 0.494 e. The van der Waals surface area contributed by atoms with Crippen molar-refractivity contribution in [1.29, 1.82) is 0 Å². The van der Waals surface area contributed by atoms with Crippen LogP contribution in [0.3, 0.4) is 0 Å². The van der Waals surface area contributed by atoms with Crippen molar-refractivity contribution < 1.29 is 19.4 Å². The monoisotopic (exact) mass is 505 g/mol. The van der Waals surface area contributed by atoms with Gasteiger partial charge < -0.3 is 24.0 Å². The smallest absolute Gasteiger partial charge is 0.227 e. The molecule has 2 heterocycles. The number of hydrogen-bond donors (Lipinski definition) is 1. The van der Waals surface area contributed by atoms with Crippen LogP contribution in [-0.4, -0.2) is 46.4 Å². The van der Waals surface area contributed by atoms with Crippen molar-refractivity contribution in [2.75, 3.05) is 24.7 Å². The molecule has 8 heteroatoms. The van der Waals surface area contributed by atoms with E-state index >= 15 is 0 Å². The minimum Gasteiger partial charge on any atom is -0.494 e. The van der Waals surface area contributed by atoms with Crippen LogP contribution in [-0.2, 0) is 11.3 Å². The molecule has 2 atom stereocenters. The molecule has 1 fully saturated rings. The molecule has 1 aliphatic heterocycles. The Morgan fingerprint density at radius 1 is 1.06 bits per heavy atom. The lowest BCUT2D eigenvalue weighted by Crippen LogP contribution is -2.26. The molecule has 1 N–H and O–H groups in total. The summed E-state index contributed by atoms with van der Waals surface area (Å²) < 4.78 is 13.3. The summed E-state index contributed by atoms with van der Waals surface area (Å²) in [5.41, 5.74) is 2.58. The average Bonchev–Trinajstić information content (AvgIpc) is 3.45. The molecular weight excluding hydrogens is 478 g/mol. The normalized spacial score (nSPS) is 16.5. The quantitative estimate of drug-likeness (QED) is 0.344. The van der Waals surface area contributed by atoms with Gasteiger partial charge in [-0.15, -0.1) is 0 Å². The van der Waals surface area contributed by atoms with Crippen molar-refractivity contribution >= 4 is 34.2 Å². The number of carbonyl (C=O) groups excluding carboxylic acids is 1. The maximum absolute atomic E-state index is 13.0. The summed E-state index contributed by atoms with van der Waals surface area (Å²) in [6, 6.07) is 22.6. The molecule has 0 unspecified atom stereocenters. The number of imidazole rings is 1. The van der Waals surface area contributed by atoms with Crippen LogP contribution < -0.4 is 14.4 Å². The van der Waals surface area contributed by atoms with Crippen molar-refractivity contribution in [1.82, 2.24) is 9.55 Å². The summed E-state index contributed by atoms with van der Waals surface area (Å²) in [7, 11) is 0.